The Kier molecular flexibility index (Phi) is 7.52. The summed E-state index contributed by atoms with van der Waals surface area (Å²) in [4.78, 5) is 21.9. The Morgan fingerprint density at radius 2 is 1.86 bits per heavy atom. The average molecular weight is 565 g/mol. The number of thiazole rings is 1. The van der Waals surface area contributed by atoms with Crippen LogP contribution >= 0.6 is 11.3 Å². The molecule has 37 heavy (non-hydrogen) atoms. The van der Waals surface area contributed by atoms with Gasteiger partial charge in [-0.2, -0.15) is 0 Å². The van der Waals surface area contributed by atoms with Crippen LogP contribution in [0.5, 0.6) is 0 Å². The summed E-state index contributed by atoms with van der Waals surface area (Å²) in [5.74, 6) is -0.393. The number of hydrogen-bond donors (Lipinski definition) is 1. The van der Waals surface area contributed by atoms with Gasteiger partial charge in [-0.15, -0.1) is 11.3 Å². The highest BCUT2D eigenvalue weighted by Gasteiger charge is 2.32. The Morgan fingerprint density at radius 1 is 1.19 bits per heavy atom. The molecule has 2 aromatic rings. The van der Waals surface area contributed by atoms with Crippen molar-refractivity contribution in [3.05, 3.63) is 58.8 Å². The zero-order valence-electron chi connectivity index (χ0n) is 21.4. The summed E-state index contributed by atoms with van der Waals surface area (Å²) < 4.78 is 49.1. The van der Waals surface area contributed by atoms with Crippen molar-refractivity contribution in [1.82, 2.24) is 13.6 Å². The van der Waals surface area contributed by atoms with E-state index in [1.807, 2.05) is 12.3 Å². The van der Waals surface area contributed by atoms with Gasteiger partial charge in [0.15, 0.2) is 5.13 Å². The van der Waals surface area contributed by atoms with E-state index in [1.165, 1.54) is 7.05 Å². The number of aryl methyl sites for hydroxylation is 1. The number of sulfonamides is 1. The van der Waals surface area contributed by atoms with Crippen molar-refractivity contribution in [2.45, 2.75) is 25.2 Å². The number of fused-ring (bicyclic) bond motifs is 1. The summed E-state index contributed by atoms with van der Waals surface area (Å²) in [6, 6.07) is 5.13. The molecule has 1 aromatic heterocycles. The standard InChI is InChI=1S/C24H32N6O4S3/c1-6-21(27(4)36(5,32)33)18(3)23(31)30-10-9-19-15-20(7-8-22(19)30)37(25,34)29-13-11-28(12-14-29)24-26-17(2)16-35-24/h6-8,15-16,25H,3,9-14H2,1-2,4-5H3/b21-6+. The maximum absolute atomic E-state index is 13.6. The zero-order valence-corrected chi connectivity index (χ0v) is 23.9. The molecule has 1 atom stereocenters. The van der Waals surface area contributed by atoms with Crippen molar-refractivity contribution < 1.29 is 17.4 Å². The van der Waals surface area contributed by atoms with Gasteiger partial charge in [-0.3, -0.25) is 9.10 Å². The molecule has 1 amide bonds. The number of piperazine rings is 1. The molecule has 0 bridgehead atoms. The molecule has 0 spiro atoms. The lowest BCUT2D eigenvalue weighted by Crippen LogP contribution is -2.48. The maximum Gasteiger partial charge on any atom is 0.259 e. The van der Waals surface area contributed by atoms with Crippen LogP contribution in [-0.2, 0) is 31.2 Å². The minimum atomic E-state index is -3.56. The summed E-state index contributed by atoms with van der Waals surface area (Å²) >= 11 is 1.59. The molecule has 0 saturated carbocycles. The average Bonchev–Trinajstić information content (AvgIpc) is 3.49. The number of anilines is 2. The van der Waals surface area contributed by atoms with Crippen LogP contribution in [0.2, 0.25) is 0 Å². The molecule has 2 aliphatic rings. The third-order valence-electron chi connectivity index (χ3n) is 6.67. The van der Waals surface area contributed by atoms with Gasteiger partial charge < -0.3 is 9.80 Å². The number of allylic oxidation sites excluding steroid dienone is 1. The number of carbonyl (C=O) groups is 1. The summed E-state index contributed by atoms with van der Waals surface area (Å²) in [5.41, 5.74) is 2.76. The summed E-state index contributed by atoms with van der Waals surface area (Å²) in [7, 11) is -5.37. The maximum atomic E-state index is 13.6. The van der Waals surface area contributed by atoms with E-state index < -0.39 is 25.8 Å². The highest BCUT2D eigenvalue weighted by molar-refractivity contribution is 7.90. The molecule has 1 N–H and O–H groups in total. The van der Waals surface area contributed by atoms with Gasteiger partial charge in [-0.05, 0) is 44.0 Å². The third kappa shape index (κ3) is 5.31. The van der Waals surface area contributed by atoms with E-state index in [0.717, 1.165) is 26.9 Å². The van der Waals surface area contributed by atoms with Crippen molar-refractivity contribution in [3.63, 3.8) is 0 Å². The van der Waals surface area contributed by atoms with Gasteiger partial charge in [0.05, 0.1) is 28.1 Å². The first-order valence-corrected chi connectivity index (χ1v) is 16.0. The molecule has 1 saturated heterocycles. The fraction of sp³-hybridized carbons (Fsp3) is 0.417. The number of nitrogens with zero attached hydrogens (tertiary/aromatic N) is 5. The van der Waals surface area contributed by atoms with Gasteiger partial charge in [0.25, 0.3) is 5.91 Å². The van der Waals surface area contributed by atoms with Gasteiger partial charge in [0, 0.05) is 50.8 Å². The summed E-state index contributed by atoms with van der Waals surface area (Å²) in [5, 5.41) is 2.95. The smallest absolute Gasteiger partial charge is 0.259 e. The number of rotatable bonds is 7. The van der Waals surface area contributed by atoms with Crippen LogP contribution in [-0.4, -0.2) is 78.2 Å². The second kappa shape index (κ2) is 10.2. The van der Waals surface area contributed by atoms with Crippen molar-refractivity contribution >= 4 is 48.0 Å². The molecule has 200 valence electrons. The predicted octanol–water partition coefficient (Wildman–Crippen LogP) is 2.83. The number of likely N-dealkylation sites (N-methyl/N-ethyl adjacent to an activating group) is 1. The van der Waals surface area contributed by atoms with Gasteiger partial charge in [-0.1, -0.05) is 12.7 Å². The largest absolute Gasteiger partial charge is 0.345 e. The lowest BCUT2D eigenvalue weighted by atomic mass is 10.1. The van der Waals surface area contributed by atoms with Crippen molar-refractivity contribution in [3.8, 4) is 0 Å². The minimum absolute atomic E-state index is 0.0740. The molecule has 1 unspecified atom stereocenters. The van der Waals surface area contributed by atoms with Crippen molar-refractivity contribution in [2.24, 2.45) is 0 Å². The second-order valence-corrected chi connectivity index (χ2v) is 14.0. The van der Waals surface area contributed by atoms with Crippen LogP contribution in [0.25, 0.3) is 0 Å². The number of benzene rings is 1. The number of nitrogens with one attached hydrogen (secondary N) is 1. The molecular formula is C24H32N6O4S3. The number of carbonyl (C=O) groups excluding carboxylic acids is 1. The first-order valence-electron chi connectivity index (χ1n) is 11.8. The fourth-order valence-corrected chi connectivity index (χ4v) is 7.49. The quantitative estimate of drug-likeness (QED) is 0.408. The van der Waals surface area contributed by atoms with Crippen molar-refractivity contribution in [2.75, 3.05) is 55.8 Å². The van der Waals surface area contributed by atoms with E-state index in [4.69, 9.17) is 4.78 Å². The third-order valence-corrected chi connectivity index (χ3v) is 10.9. The van der Waals surface area contributed by atoms with Gasteiger partial charge in [-0.25, -0.2) is 26.7 Å². The summed E-state index contributed by atoms with van der Waals surface area (Å²) in [6.45, 7) is 10.1. The van der Waals surface area contributed by atoms with Gasteiger partial charge >= 0.3 is 0 Å². The highest BCUT2D eigenvalue weighted by atomic mass is 32.2. The fourth-order valence-electron chi connectivity index (χ4n) is 4.53. The molecule has 13 heteroatoms. The van der Waals surface area contributed by atoms with E-state index >= 15 is 0 Å². The molecule has 4 rings (SSSR count). The van der Waals surface area contributed by atoms with E-state index in [9.17, 15) is 17.4 Å². The lowest BCUT2D eigenvalue weighted by molar-refractivity contribution is -0.114. The van der Waals surface area contributed by atoms with E-state index in [0.29, 0.717) is 49.7 Å². The lowest BCUT2D eigenvalue weighted by Gasteiger charge is -2.35. The first-order chi connectivity index (χ1) is 17.3. The summed E-state index contributed by atoms with van der Waals surface area (Å²) in [6.07, 6.45) is 3.16. The first kappa shape index (κ1) is 27.3. The molecule has 0 aliphatic carbocycles. The van der Waals surface area contributed by atoms with Gasteiger partial charge in [0.2, 0.25) is 10.0 Å². The van der Waals surface area contributed by atoms with Crippen molar-refractivity contribution in [1.29, 1.82) is 4.78 Å². The molecule has 1 fully saturated rings. The highest BCUT2D eigenvalue weighted by Crippen LogP contribution is 2.34. The molecule has 1 aromatic carbocycles. The Morgan fingerprint density at radius 3 is 2.43 bits per heavy atom. The number of aromatic nitrogens is 1. The Labute approximate surface area is 223 Å². The predicted molar refractivity (Wildman–Crippen MR) is 148 cm³/mol. The molecule has 0 radical (unpaired) electrons. The van der Waals surface area contributed by atoms with Gasteiger partial charge in [0.1, 0.15) is 9.92 Å². The monoisotopic (exact) mass is 564 g/mol. The Hall–Kier alpha value is -2.74. The minimum Gasteiger partial charge on any atom is -0.345 e. The van der Waals surface area contributed by atoms with Crippen LogP contribution in [0.1, 0.15) is 18.2 Å². The second-order valence-electron chi connectivity index (χ2n) is 9.09. The van der Waals surface area contributed by atoms with Crippen LogP contribution in [0, 0.1) is 11.7 Å². The SMILES string of the molecule is C=C(C(=O)N1CCc2cc(S(=N)(=O)N3CCN(c4nc(C)cs4)CC3)ccc21)/C(=C\C)N(C)S(C)(=O)=O. The van der Waals surface area contributed by atoms with E-state index in [-0.39, 0.29) is 11.3 Å². The normalized spacial score (nSPS) is 18.4. The molecule has 10 nitrogen and oxygen atoms in total. The Bertz CT molecular complexity index is 1470. The molecule has 2 aliphatic heterocycles. The van der Waals surface area contributed by atoms with Crippen LogP contribution in [0.15, 0.2) is 52.4 Å². The van der Waals surface area contributed by atoms with Crippen LogP contribution in [0.3, 0.4) is 0 Å². The Balaban J connectivity index is 1.49. The van der Waals surface area contributed by atoms with E-state index in [1.54, 1.807) is 51.7 Å². The van der Waals surface area contributed by atoms with E-state index in [2.05, 4.69) is 16.5 Å². The van der Waals surface area contributed by atoms with Crippen LogP contribution < -0.4 is 9.80 Å². The zero-order chi connectivity index (χ0) is 27.1. The number of hydrogen-bond acceptors (Lipinski definition) is 8. The molecular weight excluding hydrogens is 533 g/mol. The topological polar surface area (TPSA) is 118 Å². The number of amides is 1. The molecule has 3 heterocycles. The van der Waals surface area contributed by atoms with Crippen LogP contribution in [0.4, 0.5) is 10.8 Å².